The van der Waals surface area contributed by atoms with Gasteiger partial charge in [-0.1, -0.05) is 19.8 Å². The van der Waals surface area contributed by atoms with Crippen molar-refractivity contribution in [1.29, 1.82) is 0 Å². The fourth-order valence-electron chi connectivity index (χ4n) is 3.27. The lowest BCUT2D eigenvalue weighted by Gasteiger charge is -2.37. The highest BCUT2D eigenvalue weighted by Gasteiger charge is 2.43. The maximum Gasteiger partial charge on any atom is 0.0308 e. The number of nitrogens with one attached hydrogen (secondary N) is 1. The van der Waals surface area contributed by atoms with E-state index >= 15 is 0 Å². The smallest absolute Gasteiger partial charge is 0.0308 e. The summed E-state index contributed by atoms with van der Waals surface area (Å²) in [6, 6.07) is 0.771. The van der Waals surface area contributed by atoms with Gasteiger partial charge in [-0.25, -0.2) is 0 Å². The number of rotatable bonds is 5. The Bertz CT molecular complexity index is 237. The van der Waals surface area contributed by atoms with Crippen molar-refractivity contribution in [1.82, 2.24) is 10.2 Å². The fourth-order valence-corrected chi connectivity index (χ4v) is 3.27. The third-order valence-corrected chi connectivity index (χ3v) is 4.76. The molecule has 0 aromatic heterocycles. The van der Waals surface area contributed by atoms with E-state index < -0.39 is 0 Å². The zero-order valence-electron chi connectivity index (χ0n) is 12.0. The summed E-state index contributed by atoms with van der Waals surface area (Å²) in [5.74, 6) is 0.946. The molecule has 0 aromatic carbocycles. The maximum atomic E-state index is 3.82. The Balaban J connectivity index is 1.91. The first-order valence-corrected chi connectivity index (χ1v) is 7.65. The molecule has 2 unspecified atom stereocenters. The van der Waals surface area contributed by atoms with Crippen LogP contribution in [0.25, 0.3) is 0 Å². The second-order valence-electron chi connectivity index (χ2n) is 6.43. The molecule has 1 N–H and O–H groups in total. The van der Waals surface area contributed by atoms with Crippen LogP contribution in [0.15, 0.2) is 0 Å². The monoisotopic (exact) mass is 238 g/mol. The molecule has 2 aliphatic rings. The van der Waals surface area contributed by atoms with Gasteiger partial charge < -0.3 is 5.32 Å². The van der Waals surface area contributed by atoms with Gasteiger partial charge in [0.15, 0.2) is 0 Å². The lowest BCUT2D eigenvalue weighted by molar-refractivity contribution is 0.151. The van der Waals surface area contributed by atoms with Gasteiger partial charge in [0.1, 0.15) is 0 Å². The van der Waals surface area contributed by atoms with Crippen molar-refractivity contribution in [2.24, 2.45) is 5.92 Å². The predicted octanol–water partition coefficient (Wildman–Crippen LogP) is 3.03. The van der Waals surface area contributed by atoms with Crippen molar-refractivity contribution in [3.05, 3.63) is 0 Å². The van der Waals surface area contributed by atoms with E-state index in [0.29, 0.717) is 5.54 Å². The van der Waals surface area contributed by atoms with E-state index in [2.05, 4.69) is 31.0 Å². The highest BCUT2D eigenvalue weighted by Crippen LogP contribution is 2.40. The molecule has 0 aromatic rings. The molecule has 1 saturated heterocycles. The summed E-state index contributed by atoms with van der Waals surface area (Å²) < 4.78 is 0. The van der Waals surface area contributed by atoms with Crippen LogP contribution < -0.4 is 5.32 Å². The average molecular weight is 238 g/mol. The highest BCUT2D eigenvalue weighted by molar-refractivity contribution is 5.01. The normalized spacial score (nSPS) is 33.4. The van der Waals surface area contributed by atoms with Crippen LogP contribution in [-0.4, -0.2) is 36.1 Å². The minimum absolute atomic E-state index is 0.400. The molecule has 2 heteroatoms. The van der Waals surface area contributed by atoms with E-state index in [-0.39, 0.29) is 0 Å². The molecule has 2 atom stereocenters. The molecule has 0 bridgehead atoms. The van der Waals surface area contributed by atoms with Crippen molar-refractivity contribution in [2.45, 2.75) is 70.9 Å². The van der Waals surface area contributed by atoms with Gasteiger partial charge in [-0.05, 0) is 58.5 Å². The van der Waals surface area contributed by atoms with E-state index in [1.54, 1.807) is 0 Å². The first kappa shape index (κ1) is 13.4. The third-order valence-electron chi connectivity index (χ3n) is 4.76. The Hall–Kier alpha value is -0.0800. The van der Waals surface area contributed by atoms with Gasteiger partial charge >= 0.3 is 0 Å². The van der Waals surface area contributed by atoms with Crippen LogP contribution in [0, 0.1) is 5.92 Å². The molecule has 0 amide bonds. The zero-order chi connectivity index (χ0) is 12.3. The number of nitrogens with zero attached hydrogens (tertiary/aromatic N) is 1. The zero-order valence-corrected chi connectivity index (χ0v) is 12.0. The average Bonchev–Trinajstić information content (AvgIpc) is 3.12. The van der Waals surface area contributed by atoms with Gasteiger partial charge in [-0.2, -0.15) is 0 Å². The van der Waals surface area contributed by atoms with Crippen LogP contribution in [0.4, 0.5) is 0 Å². The summed E-state index contributed by atoms with van der Waals surface area (Å²) >= 11 is 0. The molecule has 2 nitrogen and oxygen atoms in total. The summed E-state index contributed by atoms with van der Waals surface area (Å²) in [6.07, 6.45) is 8.29. The Morgan fingerprint density at radius 3 is 2.82 bits per heavy atom. The molecule has 1 aliphatic heterocycles. The molecule has 2 rings (SSSR count). The summed E-state index contributed by atoms with van der Waals surface area (Å²) in [5, 5.41) is 3.82. The third kappa shape index (κ3) is 3.45. The van der Waals surface area contributed by atoms with Crippen molar-refractivity contribution in [3.63, 3.8) is 0 Å². The van der Waals surface area contributed by atoms with Crippen LogP contribution in [-0.2, 0) is 0 Å². The first-order valence-electron chi connectivity index (χ1n) is 7.65. The van der Waals surface area contributed by atoms with Crippen LogP contribution in [0.5, 0.6) is 0 Å². The van der Waals surface area contributed by atoms with E-state index in [0.717, 1.165) is 12.0 Å². The van der Waals surface area contributed by atoms with Gasteiger partial charge in [0.05, 0.1) is 0 Å². The lowest BCUT2D eigenvalue weighted by atomic mass is 9.94. The molecule has 17 heavy (non-hydrogen) atoms. The van der Waals surface area contributed by atoms with Crippen molar-refractivity contribution >= 4 is 0 Å². The van der Waals surface area contributed by atoms with Gasteiger partial charge in [0.25, 0.3) is 0 Å². The molecule has 100 valence electrons. The number of hydrogen-bond acceptors (Lipinski definition) is 2. The van der Waals surface area contributed by atoms with Crippen LogP contribution in [0.2, 0.25) is 0 Å². The molecular formula is C15H30N2. The largest absolute Gasteiger partial charge is 0.310 e. The van der Waals surface area contributed by atoms with Gasteiger partial charge in [-0.15, -0.1) is 0 Å². The fraction of sp³-hybridized carbons (Fsp3) is 1.00. The lowest BCUT2D eigenvalue weighted by Crippen LogP contribution is -2.52. The minimum Gasteiger partial charge on any atom is -0.310 e. The summed E-state index contributed by atoms with van der Waals surface area (Å²) in [6.45, 7) is 10.9. The highest BCUT2D eigenvalue weighted by atomic mass is 15.2. The van der Waals surface area contributed by atoms with Gasteiger partial charge in [0, 0.05) is 18.1 Å². The van der Waals surface area contributed by atoms with Crippen LogP contribution >= 0.6 is 0 Å². The number of hydrogen-bond donors (Lipinski definition) is 1. The molecule has 0 radical (unpaired) electrons. The summed E-state index contributed by atoms with van der Waals surface area (Å²) in [4.78, 5) is 2.74. The Morgan fingerprint density at radius 1 is 1.41 bits per heavy atom. The quantitative estimate of drug-likeness (QED) is 0.792. The van der Waals surface area contributed by atoms with Crippen molar-refractivity contribution < 1.29 is 0 Å². The second-order valence-corrected chi connectivity index (χ2v) is 6.43. The molecular weight excluding hydrogens is 208 g/mol. The SMILES string of the molecule is CCCCC(C)N1CCCNC(C)(C2CC2)C1. The second kappa shape index (κ2) is 5.71. The van der Waals surface area contributed by atoms with Crippen molar-refractivity contribution in [2.75, 3.05) is 19.6 Å². The van der Waals surface area contributed by atoms with E-state index in [9.17, 15) is 0 Å². The molecule has 1 heterocycles. The van der Waals surface area contributed by atoms with E-state index in [1.165, 1.54) is 58.2 Å². The Morgan fingerprint density at radius 2 is 2.18 bits per heavy atom. The van der Waals surface area contributed by atoms with Crippen LogP contribution in [0.3, 0.4) is 0 Å². The van der Waals surface area contributed by atoms with Gasteiger partial charge in [-0.3, -0.25) is 4.90 Å². The molecule has 1 saturated carbocycles. The standard InChI is InChI=1S/C15H30N2/c1-4-5-7-13(2)17-11-6-10-16-15(3,12-17)14-8-9-14/h13-14,16H,4-12H2,1-3H3. The minimum atomic E-state index is 0.400. The summed E-state index contributed by atoms with van der Waals surface area (Å²) in [7, 11) is 0. The topological polar surface area (TPSA) is 15.3 Å². The predicted molar refractivity (Wildman–Crippen MR) is 74.3 cm³/mol. The molecule has 2 fully saturated rings. The van der Waals surface area contributed by atoms with Crippen LogP contribution in [0.1, 0.15) is 59.3 Å². The van der Waals surface area contributed by atoms with E-state index in [1.807, 2.05) is 0 Å². The van der Waals surface area contributed by atoms with Crippen molar-refractivity contribution in [3.8, 4) is 0 Å². The summed E-state index contributed by atoms with van der Waals surface area (Å²) in [5.41, 5.74) is 0.400. The maximum absolute atomic E-state index is 3.82. The van der Waals surface area contributed by atoms with Gasteiger partial charge in [0.2, 0.25) is 0 Å². The molecule has 0 spiro atoms. The first-order chi connectivity index (χ1) is 8.15. The van der Waals surface area contributed by atoms with E-state index in [4.69, 9.17) is 0 Å². The Labute approximate surface area is 107 Å². The number of unbranched alkanes of at least 4 members (excludes halogenated alkanes) is 1. The molecule has 1 aliphatic carbocycles. The Kier molecular flexibility index (Phi) is 4.48.